The zero-order valence-electron chi connectivity index (χ0n) is 30.0. The van der Waals surface area contributed by atoms with Gasteiger partial charge in [0.1, 0.15) is 36.3 Å². The lowest BCUT2D eigenvalue weighted by Crippen LogP contribution is -2.60. The molecule has 0 aromatic carbocycles. The first kappa shape index (κ1) is 43.8. The smallest absolute Gasteiger partial charge is 0.328 e. The van der Waals surface area contributed by atoms with Crippen LogP contribution in [0.2, 0.25) is 0 Å². The van der Waals surface area contributed by atoms with Gasteiger partial charge in [-0.2, -0.15) is 0 Å². The van der Waals surface area contributed by atoms with Crippen LogP contribution in [0, 0.1) is 5.92 Å². The molecule has 2 fully saturated rings. The van der Waals surface area contributed by atoms with Crippen LogP contribution in [0.15, 0.2) is 0 Å². The normalized spacial score (nSPS) is 20.6. The zero-order valence-corrected chi connectivity index (χ0v) is 30.0. The van der Waals surface area contributed by atoms with Crippen LogP contribution in [0.4, 0.5) is 0 Å². The summed E-state index contributed by atoms with van der Waals surface area (Å²) in [6.07, 6.45) is -0.0441. The molecular weight excluding hydrogens is 688 g/mol. The van der Waals surface area contributed by atoms with E-state index < -0.39 is 109 Å². The van der Waals surface area contributed by atoms with E-state index in [1.54, 1.807) is 13.8 Å². The van der Waals surface area contributed by atoms with Gasteiger partial charge in [-0.15, -0.1) is 0 Å². The second kappa shape index (κ2) is 20.6. The molecule has 0 spiro atoms. The first-order valence-corrected chi connectivity index (χ1v) is 17.4. The van der Waals surface area contributed by atoms with Crippen molar-refractivity contribution in [3.8, 4) is 0 Å². The van der Waals surface area contributed by atoms with Crippen LogP contribution >= 0.6 is 0 Å². The molecule has 2 aliphatic rings. The maximum Gasteiger partial charge on any atom is 0.328 e. The average molecular weight is 743 g/mol. The maximum absolute atomic E-state index is 13.7. The molecule has 20 heteroatoms. The van der Waals surface area contributed by atoms with Gasteiger partial charge in [0.05, 0.1) is 19.3 Å². The third kappa shape index (κ3) is 12.1. The number of nitrogens with zero attached hydrogens (tertiary/aromatic N) is 2. The fraction of sp³-hybridized carbons (Fsp3) is 0.750. The molecule has 0 aliphatic carbocycles. The summed E-state index contributed by atoms with van der Waals surface area (Å²) in [5.41, 5.74) is 5.35. The molecule has 7 amide bonds. The summed E-state index contributed by atoms with van der Waals surface area (Å²) in [4.78, 5) is 105. The van der Waals surface area contributed by atoms with E-state index >= 15 is 0 Å². The van der Waals surface area contributed by atoms with Crippen LogP contribution < -0.4 is 32.3 Å². The molecule has 20 nitrogen and oxygen atoms in total. The van der Waals surface area contributed by atoms with Gasteiger partial charge in [-0.25, -0.2) is 4.79 Å². The number of carboxylic acids is 1. The number of aliphatic hydroxyl groups excluding tert-OH is 3. The van der Waals surface area contributed by atoms with Crippen LogP contribution in [0.25, 0.3) is 0 Å². The highest BCUT2D eigenvalue weighted by atomic mass is 16.4. The fourth-order valence-electron chi connectivity index (χ4n) is 6.05. The highest BCUT2D eigenvalue weighted by Gasteiger charge is 2.44. The lowest BCUT2D eigenvalue weighted by Gasteiger charge is -2.33. The predicted molar refractivity (Wildman–Crippen MR) is 181 cm³/mol. The molecule has 2 saturated heterocycles. The summed E-state index contributed by atoms with van der Waals surface area (Å²) in [5.74, 6) is -6.68. The predicted octanol–water partition coefficient (Wildman–Crippen LogP) is -4.74. The molecule has 0 radical (unpaired) electrons. The molecule has 294 valence electrons. The molecule has 0 aromatic heterocycles. The number of hydrogen-bond acceptors (Lipinski definition) is 12. The average Bonchev–Trinajstić information content (AvgIpc) is 3.78. The third-order valence-electron chi connectivity index (χ3n) is 8.80. The number of hydrogen-bond donors (Lipinski definition) is 10. The Labute approximate surface area is 301 Å². The van der Waals surface area contributed by atoms with Crippen LogP contribution in [0.3, 0.4) is 0 Å². The number of likely N-dealkylation sites (tertiary alicyclic amines) is 2. The minimum Gasteiger partial charge on any atom is -0.480 e. The highest BCUT2D eigenvalue weighted by molar-refractivity contribution is 5.97. The van der Waals surface area contributed by atoms with Gasteiger partial charge in [-0.3, -0.25) is 33.6 Å². The second-order valence-electron chi connectivity index (χ2n) is 13.5. The van der Waals surface area contributed by atoms with Gasteiger partial charge in [0.25, 0.3) is 0 Å². The number of carboxylic acid groups (broad SMARTS) is 1. The number of nitrogens with two attached hydrogens (primary N) is 1. The Hall–Kier alpha value is -4.40. The van der Waals surface area contributed by atoms with Crippen molar-refractivity contribution in [3.63, 3.8) is 0 Å². The van der Waals surface area contributed by atoms with Gasteiger partial charge in [-0.1, -0.05) is 13.8 Å². The largest absolute Gasteiger partial charge is 0.480 e. The van der Waals surface area contributed by atoms with E-state index in [0.29, 0.717) is 12.8 Å². The van der Waals surface area contributed by atoms with E-state index in [1.165, 1.54) is 23.6 Å². The van der Waals surface area contributed by atoms with E-state index in [1.807, 2.05) is 0 Å². The monoisotopic (exact) mass is 742 g/mol. The number of rotatable bonds is 19. The Morgan fingerprint density at radius 3 is 1.83 bits per heavy atom. The zero-order chi connectivity index (χ0) is 39.3. The second-order valence-corrected chi connectivity index (χ2v) is 13.5. The van der Waals surface area contributed by atoms with Gasteiger partial charge >= 0.3 is 5.97 Å². The van der Waals surface area contributed by atoms with Crippen molar-refractivity contribution in [1.29, 1.82) is 0 Å². The number of carbonyl (C=O) groups excluding carboxylic acids is 7. The summed E-state index contributed by atoms with van der Waals surface area (Å²) in [7, 11) is 0. The molecule has 52 heavy (non-hydrogen) atoms. The Balaban J connectivity index is 2.09. The molecule has 11 N–H and O–H groups in total. The van der Waals surface area contributed by atoms with Gasteiger partial charge in [-0.05, 0) is 51.9 Å². The number of aliphatic carboxylic acids is 1. The number of nitrogens with one attached hydrogen (secondary N) is 5. The third-order valence-corrected chi connectivity index (χ3v) is 8.80. The first-order valence-electron chi connectivity index (χ1n) is 17.4. The summed E-state index contributed by atoms with van der Waals surface area (Å²) in [6, 6.07) is -8.95. The van der Waals surface area contributed by atoms with Crippen LogP contribution in [-0.4, -0.2) is 159 Å². The number of aliphatic hydroxyl groups is 3. The fourth-order valence-corrected chi connectivity index (χ4v) is 6.05. The molecule has 0 aromatic rings. The molecular formula is C32H54N8O12. The Kier molecular flexibility index (Phi) is 17.3. The topological polar surface area (TPSA) is 310 Å². The van der Waals surface area contributed by atoms with Gasteiger partial charge in [0, 0.05) is 26.1 Å². The molecule has 2 rings (SSSR count). The minimum atomic E-state index is -1.59. The van der Waals surface area contributed by atoms with E-state index in [4.69, 9.17) is 5.73 Å². The maximum atomic E-state index is 13.7. The Morgan fingerprint density at radius 1 is 0.731 bits per heavy atom. The lowest BCUT2D eigenvalue weighted by atomic mass is 10.0. The summed E-state index contributed by atoms with van der Waals surface area (Å²) in [5, 5.41) is 50.7. The quantitative estimate of drug-likeness (QED) is 0.0596. The number of amides is 7. The first-order chi connectivity index (χ1) is 24.5. The molecule has 0 unspecified atom stereocenters. The van der Waals surface area contributed by atoms with E-state index in [0.717, 1.165) is 0 Å². The molecule has 0 saturated carbocycles. The van der Waals surface area contributed by atoms with Crippen LogP contribution in [-0.2, 0) is 38.4 Å². The van der Waals surface area contributed by atoms with Crippen molar-refractivity contribution in [2.45, 2.75) is 115 Å². The molecule has 2 aliphatic heterocycles. The summed E-state index contributed by atoms with van der Waals surface area (Å²) in [6.45, 7) is 4.80. The lowest BCUT2D eigenvalue weighted by molar-refractivity contribution is -0.150. The summed E-state index contributed by atoms with van der Waals surface area (Å²) >= 11 is 0. The van der Waals surface area contributed by atoms with Crippen molar-refractivity contribution in [2.75, 3.05) is 32.8 Å². The summed E-state index contributed by atoms with van der Waals surface area (Å²) < 4.78 is 0. The van der Waals surface area contributed by atoms with Crippen LogP contribution in [0.5, 0.6) is 0 Å². The van der Waals surface area contributed by atoms with Crippen molar-refractivity contribution in [1.82, 2.24) is 36.4 Å². The van der Waals surface area contributed by atoms with E-state index in [2.05, 4.69) is 26.6 Å². The molecule has 0 bridgehead atoms. The van der Waals surface area contributed by atoms with Crippen molar-refractivity contribution < 1.29 is 58.8 Å². The molecule has 8 atom stereocenters. The Bertz CT molecular complexity index is 1310. The van der Waals surface area contributed by atoms with Gasteiger partial charge in [0.15, 0.2) is 6.04 Å². The van der Waals surface area contributed by atoms with Crippen molar-refractivity contribution in [2.24, 2.45) is 11.7 Å². The van der Waals surface area contributed by atoms with E-state index in [9.17, 15) is 58.8 Å². The standard InChI is InChI=1S/C32H54N8O12/c1-16(2)13-19(36-28(47)20(14-41)35-24(44)9-10-33)27(46)34-17(3)26(45)37-21(15-42)30(49)40-12-6-8-23(40)31(50)39-11-5-7-22(39)29(48)38-25(18(4)43)32(51)52/h16-23,25,41-43H,5-15,33H2,1-4H3,(H,34,46)(H,35,44)(H,36,47)(H,37,45)(H,38,48)(H,51,52)/t17-,18+,19-,20-,21-,22-,23-,25-/m0/s1. The molecule has 2 heterocycles. The SMILES string of the molecule is CC(C)C[C@H](NC(=O)[C@H](CO)NC(=O)CCN)C(=O)N[C@@H](C)C(=O)N[C@@H](CO)C(=O)N1CCC[C@H]1C(=O)N1CCC[C@H]1C(=O)N[C@H](C(=O)O)[C@@H](C)O. The van der Waals surface area contributed by atoms with Crippen LogP contribution in [0.1, 0.15) is 66.2 Å². The highest BCUT2D eigenvalue weighted by Crippen LogP contribution is 2.26. The van der Waals surface area contributed by atoms with Gasteiger partial charge in [0.2, 0.25) is 41.4 Å². The van der Waals surface area contributed by atoms with Crippen molar-refractivity contribution in [3.05, 3.63) is 0 Å². The Morgan fingerprint density at radius 2 is 1.29 bits per heavy atom. The van der Waals surface area contributed by atoms with E-state index in [-0.39, 0.29) is 51.2 Å². The number of carbonyl (C=O) groups is 8. The minimum absolute atomic E-state index is 0.0205. The van der Waals surface area contributed by atoms with Crippen molar-refractivity contribution >= 4 is 47.3 Å². The van der Waals surface area contributed by atoms with Gasteiger partial charge < -0.3 is 62.5 Å².